The maximum Gasteiger partial charge on any atom is 0.387 e. The lowest BCUT2D eigenvalue weighted by Crippen LogP contribution is -2.31. The summed E-state index contributed by atoms with van der Waals surface area (Å²) >= 11 is 0. The number of alkyl halides is 2. The summed E-state index contributed by atoms with van der Waals surface area (Å²) in [5.41, 5.74) is 0.426. The summed E-state index contributed by atoms with van der Waals surface area (Å²) in [4.78, 5) is 14.2. The SMILES string of the molecule is COc1cc(C(=O)N2CCCCCC2)ccc1OC(F)F. The monoisotopic (exact) mass is 299 g/mol. The first-order valence-electron chi connectivity index (χ1n) is 7.04. The summed E-state index contributed by atoms with van der Waals surface area (Å²) in [5, 5.41) is 0. The minimum absolute atomic E-state index is 0.0695. The molecule has 0 bridgehead atoms. The fraction of sp³-hybridized carbons (Fsp3) is 0.533. The van der Waals surface area contributed by atoms with E-state index in [1.807, 2.05) is 0 Å². The molecule has 1 aliphatic heterocycles. The van der Waals surface area contributed by atoms with Crippen molar-refractivity contribution in [3.63, 3.8) is 0 Å². The number of amides is 1. The molecule has 1 aromatic rings. The zero-order valence-electron chi connectivity index (χ0n) is 12.0. The van der Waals surface area contributed by atoms with E-state index in [1.54, 1.807) is 4.90 Å². The molecular formula is C15H19F2NO3. The van der Waals surface area contributed by atoms with Crippen LogP contribution >= 0.6 is 0 Å². The number of carbonyl (C=O) groups is 1. The Bertz CT molecular complexity index is 486. The molecule has 0 unspecified atom stereocenters. The molecule has 0 spiro atoms. The number of carbonyl (C=O) groups excluding carboxylic acids is 1. The van der Waals surface area contributed by atoms with Gasteiger partial charge in [-0.3, -0.25) is 4.79 Å². The van der Waals surface area contributed by atoms with Crippen LogP contribution in [-0.4, -0.2) is 37.6 Å². The third kappa shape index (κ3) is 4.06. The van der Waals surface area contributed by atoms with E-state index in [0.29, 0.717) is 5.56 Å². The number of hydrogen-bond acceptors (Lipinski definition) is 3. The van der Waals surface area contributed by atoms with Crippen LogP contribution in [0.15, 0.2) is 18.2 Å². The normalized spacial score (nSPS) is 15.7. The Labute approximate surface area is 122 Å². The summed E-state index contributed by atoms with van der Waals surface area (Å²) < 4.78 is 33.9. The molecule has 6 heteroatoms. The van der Waals surface area contributed by atoms with Gasteiger partial charge in [0.2, 0.25) is 0 Å². The van der Waals surface area contributed by atoms with Crippen molar-refractivity contribution in [3.8, 4) is 11.5 Å². The average molecular weight is 299 g/mol. The molecule has 0 N–H and O–H groups in total. The Morgan fingerprint density at radius 3 is 2.38 bits per heavy atom. The Kier molecular flexibility index (Phi) is 5.36. The molecule has 0 aliphatic carbocycles. The van der Waals surface area contributed by atoms with Crippen molar-refractivity contribution in [3.05, 3.63) is 23.8 Å². The highest BCUT2D eigenvalue weighted by Gasteiger charge is 2.19. The zero-order valence-corrected chi connectivity index (χ0v) is 12.0. The van der Waals surface area contributed by atoms with Crippen molar-refractivity contribution in [1.29, 1.82) is 0 Å². The molecule has 0 atom stereocenters. The number of nitrogens with zero attached hydrogens (tertiary/aromatic N) is 1. The Hall–Kier alpha value is -1.85. The Morgan fingerprint density at radius 2 is 1.81 bits per heavy atom. The van der Waals surface area contributed by atoms with Gasteiger partial charge in [0.1, 0.15) is 0 Å². The number of halogens is 2. The highest BCUT2D eigenvalue weighted by molar-refractivity contribution is 5.95. The van der Waals surface area contributed by atoms with Crippen LogP contribution in [0, 0.1) is 0 Å². The molecule has 1 saturated heterocycles. The van der Waals surface area contributed by atoms with Gasteiger partial charge in [0.25, 0.3) is 5.91 Å². The lowest BCUT2D eigenvalue weighted by molar-refractivity contribution is -0.0512. The lowest BCUT2D eigenvalue weighted by Gasteiger charge is -2.21. The molecule has 1 aliphatic rings. The van der Waals surface area contributed by atoms with Gasteiger partial charge in [-0.15, -0.1) is 0 Å². The van der Waals surface area contributed by atoms with Crippen molar-refractivity contribution in [2.45, 2.75) is 32.3 Å². The second-order valence-electron chi connectivity index (χ2n) is 4.95. The molecule has 2 rings (SSSR count). The van der Waals surface area contributed by atoms with E-state index in [2.05, 4.69) is 4.74 Å². The third-order valence-corrected chi connectivity index (χ3v) is 3.52. The number of methoxy groups -OCH3 is 1. The molecule has 0 radical (unpaired) electrons. The number of likely N-dealkylation sites (tertiary alicyclic amines) is 1. The molecule has 1 heterocycles. The fourth-order valence-corrected chi connectivity index (χ4v) is 2.45. The van der Waals surface area contributed by atoms with Gasteiger partial charge in [-0.05, 0) is 31.0 Å². The zero-order chi connectivity index (χ0) is 15.2. The van der Waals surface area contributed by atoms with Crippen molar-refractivity contribution in [2.75, 3.05) is 20.2 Å². The average Bonchev–Trinajstić information content (AvgIpc) is 2.75. The Balaban J connectivity index is 2.17. The van der Waals surface area contributed by atoms with Gasteiger partial charge < -0.3 is 14.4 Å². The fourth-order valence-electron chi connectivity index (χ4n) is 2.45. The van der Waals surface area contributed by atoms with E-state index in [1.165, 1.54) is 25.3 Å². The lowest BCUT2D eigenvalue weighted by atomic mass is 10.1. The van der Waals surface area contributed by atoms with E-state index in [-0.39, 0.29) is 17.4 Å². The van der Waals surface area contributed by atoms with E-state index in [4.69, 9.17) is 4.74 Å². The molecule has 116 valence electrons. The van der Waals surface area contributed by atoms with Gasteiger partial charge in [0, 0.05) is 18.7 Å². The second-order valence-corrected chi connectivity index (χ2v) is 4.95. The smallest absolute Gasteiger partial charge is 0.387 e. The van der Waals surface area contributed by atoms with E-state index in [0.717, 1.165) is 38.8 Å². The van der Waals surface area contributed by atoms with Crippen LogP contribution in [0.4, 0.5) is 8.78 Å². The summed E-state index contributed by atoms with van der Waals surface area (Å²) in [6, 6.07) is 4.29. The van der Waals surface area contributed by atoms with Crippen LogP contribution in [0.25, 0.3) is 0 Å². The van der Waals surface area contributed by atoms with Gasteiger partial charge >= 0.3 is 6.61 Å². The topological polar surface area (TPSA) is 38.8 Å². The molecular weight excluding hydrogens is 280 g/mol. The molecule has 4 nitrogen and oxygen atoms in total. The second kappa shape index (κ2) is 7.24. The summed E-state index contributed by atoms with van der Waals surface area (Å²) in [5.74, 6) is -0.0327. The van der Waals surface area contributed by atoms with E-state index < -0.39 is 6.61 Å². The van der Waals surface area contributed by atoms with Gasteiger partial charge in [0.15, 0.2) is 11.5 Å². The van der Waals surface area contributed by atoms with Crippen LogP contribution in [0.1, 0.15) is 36.0 Å². The standard InChI is InChI=1S/C15H19F2NO3/c1-20-13-10-11(6-7-12(13)21-15(16)17)14(19)18-8-4-2-3-5-9-18/h6-7,10,15H,2-5,8-9H2,1H3. The molecule has 0 saturated carbocycles. The third-order valence-electron chi connectivity index (χ3n) is 3.52. The van der Waals surface area contributed by atoms with Crippen LogP contribution in [0.2, 0.25) is 0 Å². The van der Waals surface area contributed by atoms with Crippen molar-refractivity contribution < 1.29 is 23.0 Å². The maximum absolute atomic E-state index is 12.4. The number of ether oxygens (including phenoxy) is 2. The van der Waals surface area contributed by atoms with Crippen molar-refractivity contribution >= 4 is 5.91 Å². The molecule has 1 amide bonds. The quantitative estimate of drug-likeness (QED) is 0.856. The maximum atomic E-state index is 12.4. The molecule has 0 aromatic heterocycles. The van der Waals surface area contributed by atoms with Crippen LogP contribution in [0.3, 0.4) is 0 Å². The minimum atomic E-state index is -2.92. The van der Waals surface area contributed by atoms with Crippen LogP contribution in [0.5, 0.6) is 11.5 Å². The highest BCUT2D eigenvalue weighted by atomic mass is 19.3. The van der Waals surface area contributed by atoms with E-state index >= 15 is 0 Å². The van der Waals surface area contributed by atoms with Gasteiger partial charge in [-0.2, -0.15) is 8.78 Å². The number of rotatable bonds is 4. The minimum Gasteiger partial charge on any atom is -0.493 e. The largest absolute Gasteiger partial charge is 0.493 e. The predicted molar refractivity (Wildman–Crippen MR) is 74.0 cm³/mol. The molecule has 1 aromatic carbocycles. The van der Waals surface area contributed by atoms with Crippen LogP contribution < -0.4 is 9.47 Å². The van der Waals surface area contributed by atoms with Gasteiger partial charge in [0.05, 0.1) is 7.11 Å². The number of benzene rings is 1. The highest BCUT2D eigenvalue weighted by Crippen LogP contribution is 2.30. The molecule has 21 heavy (non-hydrogen) atoms. The van der Waals surface area contributed by atoms with Gasteiger partial charge in [-0.1, -0.05) is 12.8 Å². The van der Waals surface area contributed by atoms with Gasteiger partial charge in [-0.25, -0.2) is 0 Å². The van der Waals surface area contributed by atoms with Crippen molar-refractivity contribution in [1.82, 2.24) is 4.90 Å². The first-order chi connectivity index (χ1) is 10.1. The predicted octanol–water partition coefficient (Wildman–Crippen LogP) is 3.31. The molecule has 1 fully saturated rings. The van der Waals surface area contributed by atoms with Crippen LogP contribution in [-0.2, 0) is 0 Å². The summed E-state index contributed by atoms with van der Waals surface area (Å²) in [6.07, 6.45) is 4.26. The van der Waals surface area contributed by atoms with E-state index in [9.17, 15) is 13.6 Å². The summed E-state index contributed by atoms with van der Waals surface area (Å²) in [7, 11) is 1.36. The first kappa shape index (κ1) is 15.5. The Morgan fingerprint density at radius 1 is 1.14 bits per heavy atom. The number of hydrogen-bond donors (Lipinski definition) is 0. The van der Waals surface area contributed by atoms with Crippen molar-refractivity contribution in [2.24, 2.45) is 0 Å². The first-order valence-corrected chi connectivity index (χ1v) is 7.04. The summed E-state index contributed by atoms with van der Waals surface area (Å²) in [6.45, 7) is -1.46.